The van der Waals surface area contributed by atoms with E-state index < -0.39 is 0 Å². The predicted octanol–water partition coefficient (Wildman–Crippen LogP) is 3.07. The van der Waals surface area contributed by atoms with Crippen molar-refractivity contribution in [3.05, 3.63) is 23.0 Å². The van der Waals surface area contributed by atoms with E-state index in [4.69, 9.17) is 0 Å². The van der Waals surface area contributed by atoms with Crippen LogP contribution in [0.15, 0.2) is 6.07 Å². The van der Waals surface area contributed by atoms with Crippen LogP contribution in [0.25, 0.3) is 0 Å². The Balaban J connectivity index is 2.51. The molecule has 1 aliphatic carbocycles. The highest BCUT2D eigenvalue weighted by Crippen LogP contribution is 2.39. The van der Waals surface area contributed by atoms with Gasteiger partial charge >= 0.3 is 0 Å². The number of hydrogen-bond donors (Lipinski definition) is 0. The summed E-state index contributed by atoms with van der Waals surface area (Å²) in [5.41, 5.74) is 3.32. The maximum absolute atomic E-state index is 10.8. The molecule has 0 saturated heterocycles. The highest BCUT2D eigenvalue weighted by Gasteiger charge is 2.28. The maximum Gasteiger partial charge on any atom is 0.151 e. The van der Waals surface area contributed by atoms with Gasteiger partial charge in [-0.05, 0) is 31.7 Å². The molecule has 1 fully saturated rings. The van der Waals surface area contributed by atoms with Crippen LogP contribution in [0.2, 0.25) is 0 Å². The van der Waals surface area contributed by atoms with Gasteiger partial charge in [-0.1, -0.05) is 13.8 Å². The average molecular weight is 191 g/mol. The van der Waals surface area contributed by atoms with E-state index in [2.05, 4.69) is 18.4 Å². The van der Waals surface area contributed by atoms with E-state index in [0.29, 0.717) is 12.0 Å². The Morgan fingerprint density at radius 2 is 2.14 bits per heavy atom. The molecular weight excluding hydrogens is 174 g/mol. The predicted molar refractivity (Wildman–Crippen MR) is 56.9 cm³/mol. The Bertz CT molecular complexity index is 359. The third kappa shape index (κ3) is 1.39. The second kappa shape index (κ2) is 3.26. The first-order valence-corrected chi connectivity index (χ1v) is 5.32. The van der Waals surface area contributed by atoms with Gasteiger partial charge in [0, 0.05) is 23.0 Å². The van der Waals surface area contributed by atoms with Crippen molar-refractivity contribution in [1.29, 1.82) is 0 Å². The number of aromatic nitrogens is 1. The van der Waals surface area contributed by atoms with Crippen LogP contribution in [0.5, 0.6) is 0 Å². The molecule has 0 aliphatic heterocycles. The van der Waals surface area contributed by atoms with E-state index in [1.807, 2.05) is 13.0 Å². The molecule has 2 nitrogen and oxygen atoms in total. The van der Waals surface area contributed by atoms with Gasteiger partial charge in [0.25, 0.3) is 0 Å². The minimum absolute atomic E-state index is 0.503. The van der Waals surface area contributed by atoms with Crippen LogP contribution in [0.3, 0.4) is 0 Å². The second-order valence-corrected chi connectivity index (χ2v) is 4.48. The highest BCUT2D eigenvalue weighted by molar-refractivity contribution is 5.77. The van der Waals surface area contributed by atoms with Gasteiger partial charge in [0.2, 0.25) is 0 Å². The third-order valence-corrected chi connectivity index (χ3v) is 2.99. The van der Waals surface area contributed by atoms with Crippen LogP contribution in [-0.4, -0.2) is 10.9 Å². The molecule has 0 radical (unpaired) electrons. The molecule has 1 aliphatic rings. The molecule has 0 N–H and O–H groups in total. The molecule has 76 valence electrons. The minimum atomic E-state index is 0.503. The molecule has 0 aromatic carbocycles. The van der Waals surface area contributed by atoms with Crippen LogP contribution in [0.1, 0.15) is 60.4 Å². The first kappa shape index (κ1) is 9.50. The summed E-state index contributed by atoms with van der Waals surface area (Å²) < 4.78 is 2.36. The van der Waals surface area contributed by atoms with E-state index in [-0.39, 0.29) is 0 Å². The van der Waals surface area contributed by atoms with Crippen molar-refractivity contribution in [2.45, 2.75) is 45.6 Å². The zero-order valence-corrected chi connectivity index (χ0v) is 9.08. The van der Waals surface area contributed by atoms with Crippen LogP contribution >= 0.6 is 0 Å². The molecule has 1 aromatic rings. The summed E-state index contributed by atoms with van der Waals surface area (Å²) in [4.78, 5) is 10.8. The van der Waals surface area contributed by atoms with Gasteiger partial charge in [0.1, 0.15) is 0 Å². The first-order chi connectivity index (χ1) is 6.65. The fourth-order valence-corrected chi connectivity index (χ4v) is 2.05. The fourth-order valence-electron chi connectivity index (χ4n) is 2.05. The van der Waals surface area contributed by atoms with Crippen LogP contribution in [0, 0.1) is 6.92 Å². The molecule has 0 unspecified atom stereocenters. The van der Waals surface area contributed by atoms with Crippen LogP contribution in [-0.2, 0) is 0 Å². The van der Waals surface area contributed by atoms with Crippen molar-refractivity contribution in [2.75, 3.05) is 0 Å². The molecule has 1 aromatic heterocycles. The van der Waals surface area contributed by atoms with E-state index in [0.717, 1.165) is 17.5 Å². The molecule has 0 atom stereocenters. The summed E-state index contributed by atoms with van der Waals surface area (Å²) in [5, 5.41) is 0. The molecule has 14 heavy (non-hydrogen) atoms. The Hall–Kier alpha value is -1.05. The molecule has 1 saturated carbocycles. The summed E-state index contributed by atoms with van der Waals surface area (Å²) in [6.45, 7) is 6.42. The molecule has 0 bridgehead atoms. The lowest BCUT2D eigenvalue weighted by Gasteiger charge is -2.12. The summed E-state index contributed by atoms with van der Waals surface area (Å²) >= 11 is 0. The van der Waals surface area contributed by atoms with Crippen molar-refractivity contribution in [3.8, 4) is 0 Å². The van der Waals surface area contributed by atoms with E-state index in [9.17, 15) is 4.79 Å². The lowest BCUT2D eigenvalue weighted by molar-refractivity contribution is 0.112. The molecule has 1 heterocycles. The van der Waals surface area contributed by atoms with Gasteiger partial charge in [0.15, 0.2) is 6.29 Å². The largest absolute Gasteiger partial charge is 0.345 e. The van der Waals surface area contributed by atoms with Crippen LogP contribution in [0.4, 0.5) is 0 Å². The SMILES string of the molecule is Cc1c(C=O)cc(C(C)C)n1C1CC1. The van der Waals surface area contributed by atoms with Crippen molar-refractivity contribution < 1.29 is 4.79 Å². The number of carbonyl (C=O) groups excluding carboxylic acids is 1. The van der Waals surface area contributed by atoms with Crippen molar-refractivity contribution in [3.63, 3.8) is 0 Å². The van der Waals surface area contributed by atoms with Crippen molar-refractivity contribution in [2.24, 2.45) is 0 Å². The summed E-state index contributed by atoms with van der Waals surface area (Å²) in [5.74, 6) is 0.503. The second-order valence-electron chi connectivity index (χ2n) is 4.48. The summed E-state index contributed by atoms with van der Waals surface area (Å²) in [6.07, 6.45) is 3.52. The number of hydrogen-bond acceptors (Lipinski definition) is 1. The molecule has 2 rings (SSSR count). The lowest BCUT2D eigenvalue weighted by atomic mass is 10.1. The average Bonchev–Trinajstić information content (AvgIpc) is 2.90. The Labute approximate surface area is 84.9 Å². The number of rotatable bonds is 3. The smallest absolute Gasteiger partial charge is 0.151 e. The van der Waals surface area contributed by atoms with Gasteiger partial charge in [-0.15, -0.1) is 0 Å². The van der Waals surface area contributed by atoms with Gasteiger partial charge in [-0.25, -0.2) is 0 Å². The quantitative estimate of drug-likeness (QED) is 0.673. The zero-order chi connectivity index (χ0) is 10.3. The van der Waals surface area contributed by atoms with Crippen molar-refractivity contribution in [1.82, 2.24) is 4.57 Å². The number of carbonyl (C=O) groups is 1. The van der Waals surface area contributed by atoms with E-state index >= 15 is 0 Å². The fraction of sp³-hybridized carbons (Fsp3) is 0.583. The van der Waals surface area contributed by atoms with E-state index in [1.165, 1.54) is 18.5 Å². The molecule has 2 heteroatoms. The standard InChI is InChI=1S/C12H17NO/c1-8(2)12-6-10(7-14)9(3)13(12)11-4-5-11/h6-8,11H,4-5H2,1-3H3. The Kier molecular flexibility index (Phi) is 2.22. The normalized spacial score (nSPS) is 16.3. The third-order valence-electron chi connectivity index (χ3n) is 2.99. The summed E-state index contributed by atoms with van der Waals surface area (Å²) in [7, 11) is 0. The molecule has 0 spiro atoms. The van der Waals surface area contributed by atoms with Crippen LogP contribution < -0.4 is 0 Å². The van der Waals surface area contributed by atoms with E-state index in [1.54, 1.807) is 0 Å². The van der Waals surface area contributed by atoms with Crippen molar-refractivity contribution >= 4 is 6.29 Å². The maximum atomic E-state index is 10.8. The Morgan fingerprint density at radius 1 is 1.50 bits per heavy atom. The minimum Gasteiger partial charge on any atom is -0.345 e. The monoisotopic (exact) mass is 191 g/mol. The molecule has 0 amide bonds. The summed E-state index contributed by atoms with van der Waals surface area (Å²) in [6, 6.07) is 2.71. The van der Waals surface area contributed by atoms with Gasteiger partial charge in [-0.2, -0.15) is 0 Å². The Morgan fingerprint density at radius 3 is 2.57 bits per heavy atom. The van der Waals surface area contributed by atoms with Gasteiger partial charge in [-0.3, -0.25) is 4.79 Å². The lowest BCUT2D eigenvalue weighted by Crippen LogP contribution is -2.03. The number of aldehydes is 1. The first-order valence-electron chi connectivity index (χ1n) is 5.32. The number of nitrogens with zero attached hydrogens (tertiary/aromatic N) is 1. The van der Waals surface area contributed by atoms with Gasteiger partial charge in [0.05, 0.1) is 0 Å². The zero-order valence-electron chi connectivity index (χ0n) is 9.08. The molecular formula is C12H17NO. The van der Waals surface area contributed by atoms with Gasteiger partial charge < -0.3 is 4.57 Å². The highest BCUT2D eigenvalue weighted by atomic mass is 16.1. The topological polar surface area (TPSA) is 22.0 Å².